The highest BCUT2D eigenvalue weighted by Gasteiger charge is 2.51. The number of allylic oxidation sites excluding steroid dienone is 3. The van der Waals surface area contributed by atoms with E-state index in [2.05, 4.69) is 46.4 Å². The highest BCUT2D eigenvalue weighted by atomic mass is 16.3. The Morgan fingerprint density at radius 2 is 1.90 bits per heavy atom. The first-order chi connectivity index (χ1) is 14.4. The Labute approximate surface area is 191 Å². The van der Waals surface area contributed by atoms with Gasteiger partial charge in [-0.25, -0.2) is 0 Å². The molecule has 0 saturated heterocycles. The van der Waals surface area contributed by atoms with Crippen LogP contribution in [0, 0.1) is 35.0 Å². The van der Waals surface area contributed by atoms with Gasteiger partial charge in [0.15, 0.2) is 0 Å². The summed E-state index contributed by atoms with van der Waals surface area (Å²) in [7, 11) is 0. The average Bonchev–Trinajstić information content (AvgIpc) is 3.04. The van der Waals surface area contributed by atoms with Gasteiger partial charge in [0.1, 0.15) is 0 Å². The second kappa shape index (κ2) is 9.56. The molecule has 0 aromatic heterocycles. The molecule has 2 nitrogen and oxygen atoms in total. The molecule has 176 valence electrons. The monoisotopic (exact) mass is 428 g/mol. The van der Waals surface area contributed by atoms with Crippen LogP contribution in [0.5, 0.6) is 0 Å². The fourth-order valence-corrected chi connectivity index (χ4v) is 7.06. The lowest BCUT2D eigenvalue weighted by Crippen LogP contribution is -2.37. The standard InChI is InChI=1S/C29H48O2/c1-19(14-16-28(5,6)31)21(3)25-12-13-26-24(9-8-15-29(25,26)7)11-10-23-17-20(2)22(4)27(30)18-23/h10-11,19-21,25-27,30-31H,4,8-9,12-18H2,1-3,5-7H3/b23-10-,24-11+/t19-,20+,21+,25?,26?,27+,29+/m0/s1. The van der Waals surface area contributed by atoms with Crippen molar-refractivity contribution < 1.29 is 10.2 Å². The minimum absolute atomic E-state index is 0.368. The zero-order chi connectivity index (χ0) is 23.0. The lowest BCUT2D eigenvalue weighted by atomic mass is 9.59. The van der Waals surface area contributed by atoms with Gasteiger partial charge in [-0.15, -0.1) is 0 Å². The molecular formula is C29H48O2. The molecule has 3 saturated carbocycles. The van der Waals surface area contributed by atoms with E-state index in [0.29, 0.717) is 29.1 Å². The van der Waals surface area contributed by atoms with Gasteiger partial charge in [0, 0.05) is 0 Å². The molecule has 2 heteroatoms. The van der Waals surface area contributed by atoms with Crippen LogP contribution >= 0.6 is 0 Å². The third-order valence-corrected chi connectivity index (χ3v) is 9.40. The number of aliphatic hydroxyl groups excluding tert-OH is 1. The molecule has 0 spiro atoms. The SMILES string of the molecule is C=C1[C@H](C)C/C(=C/C=C2\CCC[C@@]3(C)C2CCC3[C@H](C)[C@@H](C)CCC(C)(C)O)C[C@H]1O. The van der Waals surface area contributed by atoms with Crippen LogP contribution in [0.4, 0.5) is 0 Å². The number of rotatable bonds is 6. The molecule has 31 heavy (non-hydrogen) atoms. The Morgan fingerprint density at radius 3 is 2.55 bits per heavy atom. The zero-order valence-electron chi connectivity index (χ0n) is 21.1. The smallest absolute Gasteiger partial charge is 0.0787 e. The minimum Gasteiger partial charge on any atom is -0.390 e. The van der Waals surface area contributed by atoms with E-state index in [4.69, 9.17) is 0 Å². The second-order valence-corrected chi connectivity index (χ2v) is 12.2. The molecule has 3 rings (SSSR count). The molecule has 0 heterocycles. The predicted octanol–water partition coefficient (Wildman–Crippen LogP) is 7.23. The third kappa shape index (κ3) is 5.56. The Balaban J connectivity index is 1.71. The molecule has 0 aliphatic heterocycles. The highest BCUT2D eigenvalue weighted by Crippen LogP contribution is 2.60. The predicted molar refractivity (Wildman–Crippen MR) is 132 cm³/mol. The quantitative estimate of drug-likeness (QED) is 0.438. The molecule has 3 fully saturated rings. The fourth-order valence-electron chi connectivity index (χ4n) is 7.06. The van der Waals surface area contributed by atoms with Crippen LogP contribution in [-0.2, 0) is 0 Å². The van der Waals surface area contributed by atoms with Gasteiger partial charge < -0.3 is 10.2 Å². The van der Waals surface area contributed by atoms with Gasteiger partial charge in [-0.05, 0) is 112 Å². The van der Waals surface area contributed by atoms with E-state index < -0.39 is 5.60 Å². The summed E-state index contributed by atoms with van der Waals surface area (Å²) >= 11 is 0. The van der Waals surface area contributed by atoms with Gasteiger partial charge >= 0.3 is 0 Å². The lowest BCUT2D eigenvalue weighted by molar-refractivity contribution is 0.0447. The molecular weight excluding hydrogens is 380 g/mol. The van der Waals surface area contributed by atoms with Gasteiger partial charge in [-0.1, -0.05) is 57.6 Å². The largest absolute Gasteiger partial charge is 0.390 e. The number of aliphatic hydroxyl groups is 2. The van der Waals surface area contributed by atoms with E-state index in [1.807, 2.05) is 13.8 Å². The molecule has 0 aromatic carbocycles. The van der Waals surface area contributed by atoms with E-state index in [1.165, 1.54) is 37.7 Å². The lowest BCUT2D eigenvalue weighted by Gasteiger charge is -2.45. The third-order valence-electron chi connectivity index (χ3n) is 9.40. The summed E-state index contributed by atoms with van der Waals surface area (Å²) in [6, 6.07) is 0. The number of fused-ring (bicyclic) bond motifs is 1. The molecule has 2 N–H and O–H groups in total. The zero-order valence-corrected chi connectivity index (χ0v) is 21.1. The van der Waals surface area contributed by atoms with Crippen LogP contribution < -0.4 is 0 Å². The summed E-state index contributed by atoms with van der Waals surface area (Å²) in [5, 5.41) is 20.5. The average molecular weight is 429 g/mol. The van der Waals surface area contributed by atoms with Gasteiger partial charge in [0.25, 0.3) is 0 Å². The van der Waals surface area contributed by atoms with Crippen molar-refractivity contribution in [1.29, 1.82) is 0 Å². The topological polar surface area (TPSA) is 40.5 Å². The normalized spacial score (nSPS) is 39.0. The maximum Gasteiger partial charge on any atom is 0.0787 e. The fraction of sp³-hybridized carbons (Fsp3) is 0.793. The Kier molecular flexibility index (Phi) is 7.64. The first kappa shape index (κ1) is 24.8. The highest BCUT2D eigenvalue weighted by molar-refractivity contribution is 5.29. The van der Waals surface area contributed by atoms with E-state index in [1.54, 1.807) is 5.57 Å². The van der Waals surface area contributed by atoms with E-state index in [9.17, 15) is 10.2 Å². The van der Waals surface area contributed by atoms with Crippen molar-refractivity contribution in [2.75, 3.05) is 0 Å². The van der Waals surface area contributed by atoms with Crippen LogP contribution in [0.1, 0.15) is 99.3 Å². The van der Waals surface area contributed by atoms with E-state index >= 15 is 0 Å². The van der Waals surface area contributed by atoms with Crippen molar-refractivity contribution in [2.45, 2.75) is 111 Å². The van der Waals surface area contributed by atoms with Crippen molar-refractivity contribution in [3.8, 4) is 0 Å². The maximum atomic E-state index is 10.3. The summed E-state index contributed by atoms with van der Waals surface area (Å²) in [5.74, 6) is 3.24. The second-order valence-electron chi connectivity index (χ2n) is 12.2. The first-order valence-electron chi connectivity index (χ1n) is 12.9. The van der Waals surface area contributed by atoms with Gasteiger partial charge in [0.05, 0.1) is 11.7 Å². The Hall–Kier alpha value is -0.860. The number of hydrogen-bond donors (Lipinski definition) is 2. The van der Waals surface area contributed by atoms with Crippen LogP contribution in [-0.4, -0.2) is 21.9 Å². The van der Waals surface area contributed by atoms with Crippen LogP contribution in [0.15, 0.2) is 35.5 Å². The van der Waals surface area contributed by atoms with Gasteiger partial charge in [0.2, 0.25) is 0 Å². The van der Waals surface area contributed by atoms with E-state index in [0.717, 1.165) is 37.2 Å². The summed E-state index contributed by atoms with van der Waals surface area (Å²) in [6.07, 6.45) is 14.8. The van der Waals surface area contributed by atoms with Crippen molar-refractivity contribution >= 4 is 0 Å². The van der Waals surface area contributed by atoms with Crippen molar-refractivity contribution in [1.82, 2.24) is 0 Å². The Morgan fingerprint density at radius 1 is 1.19 bits per heavy atom. The van der Waals surface area contributed by atoms with Gasteiger partial charge in [-0.3, -0.25) is 0 Å². The van der Waals surface area contributed by atoms with E-state index in [-0.39, 0.29) is 6.10 Å². The summed E-state index contributed by atoms with van der Waals surface area (Å²) < 4.78 is 0. The van der Waals surface area contributed by atoms with Crippen molar-refractivity contribution in [2.24, 2.45) is 35.0 Å². The molecule has 3 aliphatic carbocycles. The molecule has 7 atom stereocenters. The summed E-state index contributed by atoms with van der Waals surface area (Å²) in [5.41, 5.74) is 3.91. The van der Waals surface area contributed by atoms with Crippen molar-refractivity contribution in [3.05, 3.63) is 35.5 Å². The molecule has 3 aliphatic rings. The minimum atomic E-state index is -0.555. The molecule has 0 radical (unpaired) electrons. The van der Waals surface area contributed by atoms with Crippen LogP contribution in [0.2, 0.25) is 0 Å². The molecule has 0 bridgehead atoms. The Bertz CT molecular complexity index is 693. The van der Waals surface area contributed by atoms with Crippen LogP contribution in [0.3, 0.4) is 0 Å². The van der Waals surface area contributed by atoms with Crippen molar-refractivity contribution in [3.63, 3.8) is 0 Å². The molecule has 0 aromatic rings. The maximum absolute atomic E-state index is 10.3. The number of hydrogen-bond acceptors (Lipinski definition) is 2. The van der Waals surface area contributed by atoms with Crippen LogP contribution in [0.25, 0.3) is 0 Å². The summed E-state index contributed by atoms with van der Waals surface area (Å²) in [4.78, 5) is 0. The summed E-state index contributed by atoms with van der Waals surface area (Å²) in [6.45, 7) is 17.6. The molecule has 2 unspecified atom stereocenters. The van der Waals surface area contributed by atoms with Gasteiger partial charge in [-0.2, -0.15) is 0 Å². The first-order valence-corrected chi connectivity index (χ1v) is 12.9. The molecule has 0 amide bonds.